The maximum absolute atomic E-state index is 11.6. The lowest BCUT2D eigenvalue weighted by Gasteiger charge is -2.06. The summed E-state index contributed by atoms with van der Waals surface area (Å²) < 4.78 is 5.28. The fourth-order valence-corrected chi connectivity index (χ4v) is 3.69. The van der Waals surface area contributed by atoms with Crippen molar-refractivity contribution in [3.8, 4) is 0 Å². The second kappa shape index (κ2) is 21.2. The van der Waals surface area contributed by atoms with Crippen LogP contribution < -0.4 is 0 Å². The largest absolute Gasteiger partial charge is 0.466 e. The highest BCUT2D eigenvalue weighted by Gasteiger charge is 2.03. The van der Waals surface area contributed by atoms with Gasteiger partial charge in [0.25, 0.3) is 0 Å². The van der Waals surface area contributed by atoms with E-state index in [9.17, 15) is 4.79 Å². The molecule has 0 saturated carbocycles. The number of esters is 1. The molecule has 2 heteroatoms. The summed E-state index contributed by atoms with van der Waals surface area (Å²) in [6.07, 6.45) is 23.2. The standard InChI is InChI=1S/C26H52O2/c1-24(2)20-17-15-13-11-9-7-5-6-8-10-12-14-16-18-22-26(27)28-23-19-21-25(3)4/h24-25H,5-23H2,1-4H3. The van der Waals surface area contributed by atoms with Crippen molar-refractivity contribution < 1.29 is 9.53 Å². The Morgan fingerprint density at radius 1 is 0.536 bits per heavy atom. The van der Waals surface area contributed by atoms with Gasteiger partial charge in [0.1, 0.15) is 0 Å². The zero-order chi connectivity index (χ0) is 20.9. The maximum atomic E-state index is 11.6. The molecule has 0 N–H and O–H groups in total. The molecule has 0 aromatic carbocycles. The van der Waals surface area contributed by atoms with E-state index in [1.807, 2.05) is 0 Å². The summed E-state index contributed by atoms with van der Waals surface area (Å²) >= 11 is 0. The van der Waals surface area contributed by atoms with Crippen LogP contribution in [0.2, 0.25) is 0 Å². The molecule has 0 amide bonds. The molecule has 0 aromatic rings. The van der Waals surface area contributed by atoms with Gasteiger partial charge in [-0.2, -0.15) is 0 Å². The number of carbonyl (C=O) groups is 1. The number of unbranched alkanes of at least 4 members (excludes halogenated alkanes) is 13. The first kappa shape index (κ1) is 27.5. The summed E-state index contributed by atoms with van der Waals surface area (Å²) in [6, 6.07) is 0. The van der Waals surface area contributed by atoms with Gasteiger partial charge in [0.15, 0.2) is 0 Å². The summed E-state index contributed by atoms with van der Waals surface area (Å²) in [6.45, 7) is 9.67. The molecule has 0 heterocycles. The second-order valence-corrected chi connectivity index (χ2v) is 9.64. The first-order chi connectivity index (χ1) is 13.5. The third-order valence-corrected chi connectivity index (χ3v) is 5.60. The summed E-state index contributed by atoms with van der Waals surface area (Å²) in [5.41, 5.74) is 0. The molecule has 0 fully saturated rings. The van der Waals surface area contributed by atoms with E-state index >= 15 is 0 Å². The summed E-state index contributed by atoms with van der Waals surface area (Å²) in [5, 5.41) is 0. The Bertz CT molecular complexity index is 322. The van der Waals surface area contributed by atoms with Crippen LogP contribution in [0.4, 0.5) is 0 Å². The van der Waals surface area contributed by atoms with E-state index in [0.717, 1.165) is 25.2 Å². The van der Waals surface area contributed by atoms with Crippen LogP contribution in [-0.4, -0.2) is 12.6 Å². The Morgan fingerprint density at radius 3 is 1.32 bits per heavy atom. The predicted molar refractivity (Wildman–Crippen MR) is 124 cm³/mol. The van der Waals surface area contributed by atoms with Gasteiger partial charge in [-0.1, -0.05) is 118 Å². The molecule has 168 valence electrons. The van der Waals surface area contributed by atoms with E-state index in [1.165, 1.54) is 89.9 Å². The van der Waals surface area contributed by atoms with Crippen molar-refractivity contribution in [2.24, 2.45) is 11.8 Å². The molecule has 28 heavy (non-hydrogen) atoms. The summed E-state index contributed by atoms with van der Waals surface area (Å²) in [4.78, 5) is 11.6. The quantitative estimate of drug-likeness (QED) is 0.143. The van der Waals surface area contributed by atoms with Crippen molar-refractivity contribution in [1.29, 1.82) is 0 Å². The minimum Gasteiger partial charge on any atom is -0.466 e. The molecule has 0 aliphatic rings. The molecule has 0 aromatic heterocycles. The molecular formula is C26H52O2. The highest BCUT2D eigenvalue weighted by molar-refractivity contribution is 5.69. The molecule has 0 rings (SSSR count). The zero-order valence-corrected chi connectivity index (χ0v) is 19.9. The number of hydrogen-bond acceptors (Lipinski definition) is 2. The van der Waals surface area contributed by atoms with Crippen LogP contribution in [0.5, 0.6) is 0 Å². The lowest BCUT2D eigenvalue weighted by molar-refractivity contribution is -0.143. The van der Waals surface area contributed by atoms with Crippen molar-refractivity contribution in [2.75, 3.05) is 6.61 Å². The van der Waals surface area contributed by atoms with Crippen LogP contribution in [0.1, 0.15) is 143 Å². The minimum atomic E-state index is 0.00341. The van der Waals surface area contributed by atoms with Gasteiger partial charge in [0.05, 0.1) is 6.61 Å². The molecule has 0 aliphatic carbocycles. The van der Waals surface area contributed by atoms with Crippen LogP contribution in [0.15, 0.2) is 0 Å². The average Bonchev–Trinajstić information content (AvgIpc) is 2.64. The van der Waals surface area contributed by atoms with Gasteiger partial charge in [0, 0.05) is 6.42 Å². The van der Waals surface area contributed by atoms with E-state index in [2.05, 4.69) is 27.7 Å². The van der Waals surface area contributed by atoms with Crippen LogP contribution in [0.3, 0.4) is 0 Å². The molecule has 2 nitrogen and oxygen atoms in total. The number of rotatable bonds is 21. The lowest BCUT2D eigenvalue weighted by atomic mass is 10.0. The first-order valence-corrected chi connectivity index (χ1v) is 12.7. The molecule has 0 unspecified atom stereocenters. The van der Waals surface area contributed by atoms with Crippen molar-refractivity contribution >= 4 is 5.97 Å². The molecule has 0 aliphatic heterocycles. The van der Waals surface area contributed by atoms with Gasteiger partial charge in [-0.15, -0.1) is 0 Å². The Morgan fingerprint density at radius 2 is 0.893 bits per heavy atom. The van der Waals surface area contributed by atoms with Crippen LogP contribution in [0, 0.1) is 11.8 Å². The van der Waals surface area contributed by atoms with Gasteiger partial charge in [-0.25, -0.2) is 0 Å². The van der Waals surface area contributed by atoms with Gasteiger partial charge in [-0.3, -0.25) is 4.79 Å². The fraction of sp³-hybridized carbons (Fsp3) is 0.962. The van der Waals surface area contributed by atoms with Crippen LogP contribution in [0.25, 0.3) is 0 Å². The molecule has 0 bridgehead atoms. The second-order valence-electron chi connectivity index (χ2n) is 9.64. The Labute approximate surface area is 177 Å². The van der Waals surface area contributed by atoms with Gasteiger partial charge in [0.2, 0.25) is 0 Å². The number of hydrogen-bond donors (Lipinski definition) is 0. The Hall–Kier alpha value is -0.530. The van der Waals surface area contributed by atoms with E-state index in [4.69, 9.17) is 4.74 Å². The maximum Gasteiger partial charge on any atom is 0.305 e. The smallest absolute Gasteiger partial charge is 0.305 e. The SMILES string of the molecule is CC(C)CCCCCCCCCCCCCCCCC(=O)OCCCC(C)C. The predicted octanol–water partition coefficient (Wildman–Crippen LogP) is 8.86. The number of ether oxygens (including phenoxy) is 1. The normalized spacial score (nSPS) is 11.5. The molecule has 0 atom stereocenters. The van der Waals surface area contributed by atoms with Gasteiger partial charge < -0.3 is 4.74 Å². The van der Waals surface area contributed by atoms with Crippen molar-refractivity contribution in [3.63, 3.8) is 0 Å². The zero-order valence-electron chi connectivity index (χ0n) is 19.9. The third kappa shape index (κ3) is 23.5. The van der Waals surface area contributed by atoms with E-state index in [0.29, 0.717) is 18.9 Å². The molecular weight excluding hydrogens is 344 g/mol. The van der Waals surface area contributed by atoms with Gasteiger partial charge in [-0.05, 0) is 31.1 Å². The minimum absolute atomic E-state index is 0.00341. The van der Waals surface area contributed by atoms with Crippen molar-refractivity contribution in [2.45, 2.75) is 143 Å². The average molecular weight is 397 g/mol. The van der Waals surface area contributed by atoms with E-state index in [1.54, 1.807) is 0 Å². The van der Waals surface area contributed by atoms with E-state index in [-0.39, 0.29) is 5.97 Å². The monoisotopic (exact) mass is 396 g/mol. The van der Waals surface area contributed by atoms with E-state index < -0.39 is 0 Å². The van der Waals surface area contributed by atoms with Crippen molar-refractivity contribution in [1.82, 2.24) is 0 Å². The van der Waals surface area contributed by atoms with Crippen molar-refractivity contribution in [3.05, 3.63) is 0 Å². The summed E-state index contributed by atoms with van der Waals surface area (Å²) in [5.74, 6) is 1.58. The molecule has 0 radical (unpaired) electrons. The first-order valence-electron chi connectivity index (χ1n) is 12.7. The van der Waals surface area contributed by atoms with Gasteiger partial charge >= 0.3 is 5.97 Å². The van der Waals surface area contributed by atoms with Crippen LogP contribution in [-0.2, 0) is 9.53 Å². The highest BCUT2D eigenvalue weighted by atomic mass is 16.5. The fourth-order valence-electron chi connectivity index (χ4n) is 3.69. The highest BCUT2D eigenvalue weighted by Crippen LogP contribution is 2.15. The molecule has 0 saturated heterocycles. The summed E-state index contributed by atoms with van der Waals surface area (Å²) in [7, 11) is 0. The molecule has 0 spiro atoms. The lowest BCUT2D eigenvalue weighted by Crippen LogP contribution is -2.06. The Kier molecular flexibility index (Phi) is 20.8. The topological polar surface area (TPSA) is 26.3 Å². The Balaban J connectivity index is 3.12. The number of carbonyl (C=O) groups excluding carboxylic acids is 1. The van der Waals surface area contributed by atoms with Crippen LogP contribution >= 0.6 is 0 Å². The third-order valence-electron chi connectivity index (χ3n) is 5.60.